The van der Waals surface area contributed by atoms with Gasteiger partial charge in [-0.05, 0) is 41.8 Å². The monoisotopic (exact) mass is 484 g/mol. The molecule has 0 fully saturated rings. The Hall–Kier alpha value is -2.91. The van der Waals surface area contributed by atoms with E-state index < -0.39 is 35.0 Å². The number of aromatic nitrogens is 1. The molecule has 3 atom stereocenters. The average Bonchev–Trinajstić information content (AvgIpc) is 2.76. The Labute approximate surface area is 191 Å². The molecule has 1 heterocycles. The third-order valence-corrected chi connectivity index (χ3v) is 6.04. The van der Waals surface area contributed by atoms with Crippen molar-refractivity contribution >= 4 is 34.4 Å². The summed E-state index contributed by atoms with van der Waals surface area (Å²) in [7, 11) is 1.37. The zero-order valence-corrected chi connectivity index (χ0v) is 18.6. The van der Waals surface area contributed by atoms with Gasteiger partial charge in [0.15, 0.2) is 5.60 Å². The van der Waals surface area contributed by atoms with E-state index in [0.717, 1.165) is 12.1 Å². The highest BCUT2D eigenvalue weighted by molar-refractivity contribution is 6.30. The summed E-state index contributed by atoms with van der Waals surface area (Å²) in [5.74, 6) is -2.69. The van der Waals surface area contributed by atoms with Gasteiger partial charge in [0.2, 0.25) is 5.56 Å². The Morgan fingerprint density at radius 1 is 1.15 bits per heavy atom. The second kappa shape index (κ2) is 9.15. The van der Waals surface area contributed by atoms with Crippen LogP contribution in [0.4, 0.5) is 23.2 Å². The van der Waals surface area contributed by atoms with Crippen molar-refractivity contribution in [1.29, 1.82) is 0 Å². The minimum Gasteiger partial charge on any atom is -0.496 e. The van der Waals surface area contributed by atoms with Crippen molar-refractivity contribution in [3.05, 3.63) is 69.2 Å². The summed E-state index contributed by atoms with van der Waals surface area (Å²) in [5.41, 5.74) is -3.72. The highest BCUT2D eigenvalue weighted by atomic mass is 35.5. The minimum absolute atomic E-state index is 0.0470. The molecule has 3 rings (SSSR count). The molecule has 0 spiro atoms. The zero-order valence-electron chi connectivity index (χ0n) is 17.9. The number of methoxy groups -OCH3 is 1. The predicted octanol–water partition coefficient (Wildman–Crippen LogP) is 5.76. The van der Waals surface area contributed by atoms with E-state index in [2.05, 4.69) is 9.98 Å². The summed E-state index contributed by atoms with van der Waals surface area (Å²) < 4.78 is 61.6. The van der Waals surface area contributed by atoms with Gasteiger partial charge < -0.3 is 14.8 Å². The van der Waals surface area contributed by atoms with Gasteiger partial charge in [-0.25, -0.2) is 4.39 Å². The summed E-state index contributed by atoms with van der Waals surface area (Å²) in [4.78, 5) is 17.7. The molecule has 1 aromatic heterocycles. The van der Waals surface area contributed by atoms with Crippen LogP contribution in [0, 0.1) is 11.7 Å². The number of benzene rings is 2. The number of nitrogens with one attached hydrogen (secondary N) is 1. The lowest BCUT2D eigenvalue weighted by Gasteiger charge is -2.36. The van der Waals surface area contributed by atoms with Crippen LogP contribution in [-0.4, -0.2) is 35.2 Å². The molecule has 0 saturated heterocycles. The molecule has 0 aliphatic rings. The number of hydrogen-bond donors (Lipinski definition) is 2. The fraction of sp³-hybridized carbons (Fsp3) is 0.304. The van der Waals surface area contributed by atoms with Crippen LogP contribution in [0.3, 0.4) is 0 Å². The van der Waals surface area contributed by atoms with Crippen LogP contribution >= 0.6 is 11.6 Å². The molecule has 0 bridgehead atoms. The van der Waals surface area contributed by atoms with Gasteiger partial charge in [-0.1, -0.05) is 31.5 Å². The van der Waals surface area contributed by atoms with Gasteiger partial charge in [0.1, 0.15) is 11.6 Å². The van der Waals surface area contributed by atoms with Crippen LogP contribution in [0.1, 0.15) is 25.3 Å². The van der Waals surface area contributed by atoms with E-state index in [1.807, 2.05) is 0 Å². The first-order valence-corrected chi connectivity index (χ1v) is 10.3. The molecular weight excluding hydrogens is 464 g/mol. The molecule has 2 N–H and O–H groups in total. The number of aliphatic imine (C=N–C) groups is 1. The number of pyridine rings is 1. The molecule has 33 heavy (non-hydrogen) atoms. The molecule has 0 radical (unpaired) electrons. The Morgan fingerprint density at radius 3 is 2.48 bits per heavy atom. The minimum atomic E-state index is -5.08. The van der Waals surface area contributed by atoms with Crippen molar-refractivity contribution < 1.29 is 27.4 Å². The lowest BCUT2D eigenvalue weighted by atomic mass is 9.77. The Balaban J connectivity index is 2.07. The van der Waals surface area contributed by atoms with Crippen LogP contribution in [0.25, 0.3) is 10.9 Å². The van der Waals surface area contributed by atoms with Gasteiger partial charge >= 0.3 is 6.18 Å². The Morgan fingerprint density at radius 2 is 1.85 bits per heavy atom. The van der Waals surface area contributed by atoms with E-state index >= 15 is 0 Å². The molecule has 10 heteroatoms. The van der Waals surface area contributed by atoms with E-state index in [4.69, 9.17) is 16.3 Å². The van der Waals surface area contributed by atoms with Crippen molar-refractivity contribution in [2.24, 2.45) is 10.9 Å². The van der Waals surface area contributed by atoms with Crippen molar-refractivity contribution in [2.75, 3.05) is 7.11 Å². The van der Waals surface area contributed by atoms with Crippen LogP contribution in [0.5, 0.6) is 5.75 Å². The average molecular weight is 485 g/mol. The number of alkyl halides is 3. The summed E-state index contributed by atoms with van der Waals surface area (Å²) in [6, 6.07) is 9.04. The topological polar surface area (TPSA) is 74.7 Å². The maximum atomic E-state index is 14.1. The van der Waals surface area contributed by atoms with Crippen molar-refractivity contribution in [1.82, 2.24) is 4.98 Å². The molecule has 0 amide bonds. The number of nitrogens with zero attached hydrogens (tertiary/aromatic N) is 1. The van der Waals surface area contributed by atoms with E-state index in [9.17, 15) is 27.5 Å². The number of rotatable bonds is 6. The van der Waals surface area contributed by atoms with Gasteiger partial charge in [-0.15, -0.1) is 0 Å². The van der Waals surface area contributed by atoms with Gasteiger partial charge in [-0.2, -0.15) is 13.2 Å². The summed E-state index contributed by atoms with van der Waals surface area (Å²) >= 11 is 5.95. The second-order valence-corrected chi connectivity index (χ2v) is 8.16. The number of aliphatic hydroxyl groups is 1. The first-order valence-electron chi connectivity index (χ1n) is 9.88. The molecule has 3 unspecified atom stereocenters. The fourth-order valence-electron chi connectivity index (χ4n) is 3.64. The van der Waals surface area contributed by atoms with E-state index in [1.165, 1.54) is 45.2 Å². The predicted molar refractivity (Wildman–Crippen MR) is 119 cm³/mol. The van der Waals surface area contributed by atoms with Crippen LogP contribution in [0.15, 0.2) is 52.3 Å². The zero-order chi connectivity index (χ0) is 24.6. The van der Waals surface area contributed by atoms with Crippen molar-refractivity contribution in [3.63, 3.8) is 0 Å². The van der Waals surface area contributed by atoms with Crippen LogP contribution in [-0.2, 0) is 0 Å². The molecular formula is C23H21ClF4N2O3. The van der Waals surface area contributed by atoms with E-state index in [0.29, 0.717) is 16.8 Å². The number of hydrogen-bond acceptors (Lipinski definition) is 4. The van der Waals surface area contributed by atoms with Gasteiger partial charge in [-0.3, -0.25) is 9.79 Å². The number of aromatic amines is 1. The van der Waals surface area contributed by atoms with E-state index in [-0.39, 0.29) is 22.3 Å². The molecule has 5 nitrogen and oxygen atoms in total. The van der Waals surface area contributed by atoms with E-state index in [1.54, 1.807) is 6.07 Å². The summed E-state index contributed by atoms with van der Waals surface area (Å²) in [6.45, 7) is 2.78. The molecule has 176 valence electrons. The largest absolute Gasteiger partial charge is 0.496 e. The maximum absolute atomic E-state index is 14.1. The molecule has 0 aliphatic carbocycles. The quantitative estimate of drug-likeness (QED) is 0.345. The lowest BCUT2D eigenvalue weighted by Crippen LogP contribution is -2.53. The lowest BCUT2D eigenvalue weighted by molar-refractivity contribution is -0.246. The van der Waals surface area contributed by atoms with Crippen LogP contribution in [0.2, 0.25) is 5.02 Å². The first-order chi connectivity index (χ1) is 15.4. The normalized spacial score (nSPS) is 16.0. The Bertz CT molecular complexity index is 1260. The standard InChI is InChI=1S/C23H21ClF4N2O3/c1-12(15-5-4-14(24)10-19(15)33-3)13(2)22(32,23(26,27)28)11-29-18-8-7-17(25)21-16(18)6-9-20(31)30-21/h4-13,32H,1-3H3,(H,30,31). The first kappa shape index (κ1) is 24.7. The number of H-pyrrole nitrogens is 1. The SMILES string of the molecule is COc1cc(Cl)ccc1C(C)C(C)C(O)(C=Nc1ccc(F)c2[nH]c(=O)ccc12)C(F)(F)F. The number of ether oxygens (including phenoxy) is 1. The fourth-order valence-corrected chi connectivity index (χ4v) is 3.80. The number of fused-ring (bicyclic) bond motifs is 1. The van der Waals surface area contributed by atoms with Crippen molar-refractivity contribution in [3.8, 4) is 5.75 Å². The summed E-state index contributed by atoms with van der Waals surface area (Å²) in [5, 5.41) is 11.3. The molecule has 2 aromatic carbocycles. The third kappa shape index (κ3) is 4.74. The van der Waals surface area contributed by atoms with Gasteiger partial charge in [0.05, 0.1) is 18.3 Å². The highest BCUT2D eigenvalue weighted by Crippen LogP contribution is 2.44. The second-order valence-electron chi connectivity index (χ2n) is 7.72. The molecule has 0 aliphatic heterocycles. The third-order valence-electron chi connectivity index (χ3n) is 5.81. The Kier molecular flexibility index (Phi) is 6.85. The van der Waals surface area contributed by atoms with Gasteiger partial charge in [0, 0.05) is 28.6 Å². The smallest absolute Gasteiger partial charge is 0.422 e. The van der Waals surface area contributed by atoms with Crippen molar-refractivity contribution in [2.45, 2.75) is 31.5 Å². The molecule has 0 saturated carbocycles. The highest BCUT2D eigenvalue weighted by Gasteiger charge is 2.57. The molecule has 3 aromatic rings. The van der Waals surface area contributed by atoms with Crippen LogP contribution < -0.4 is 10.3 Å². The number of halogens is 5. The maximum Gasteiger partial charge on any atom is 0.422 e. The summed E-state index contributed by atoms with van der Waals surface area (Å²) in [6.07, 6.45) is -4.66. The van der Waals surface area contributed by atoms with Gasteiger partial charge in [0.25, 0.3) is 0 Å².